The van der Waals surface area contributed by atoms with Gasteiger partial charge in [-0.05, 0) is 0 Å². The minimum Gasteiger partial charge on any atom is -0.378 e. The normalized spacial score (nSPS) is 15.3. The SMILES string of the molecule is N#CCC(=O)NCCC(=O)N1CCOCC1. The summed E-state index contributed by atoms with van der Waals surface area (Å²) in [4.78, 5) is 24.2. The second-order valence-corrected chi connectivity index (χ2v) is 3.43. The van der Waals surface area contributed by atoms with E-state index in [1.54, 1.807) is 11.0 Å². The lowest BCUT2D eigenvalue weighted by Crippen LogP contribution is -2.41. The van der Waals surface area contributed by atoms with Gasteiger partial charge in [0.1, 0.15) is 6.42 Å². The van der Waals surface area contributed by atoms with E-state index in [4.69, 9.17) is 10.00 Å². The zero-order chi connectivity index (χ0) is 11.8. The molecule has 1 heterocycles. The minimum absolute atomic E-state index is 0.0144. The van der Waals surface area contributed by atoms with E-state index in [1.165, 1.54) is 0 Å². The van der Waals surface area contributed by atoms with Gasteiger partial charge in [0.25, 0.3) is 0 Å². The van der Waals surface area contributed by atoms with E-state index in [1.807, 2.05) is 0 Å². The van der Waals surface area contributed by atoms with E-state index in [2.05, 4.69) is 5.32 Å². The molecule has 0 atom stereocenters. The molecule has 6 heteroatoms. The first-order chi connectivity index (χ1) is 7.74. The van der Waals surface area contributed by atoms with Crippen molar-refractivity contribution in [1.82, 2.24) is 10.2 Å². The van der Waals surface area contributed by atoms with Crippen LogP contribution in [-0.4, -0.2) is 49.6 Å². The maximum absolute atomic E-state index is 11.6. The maximum atomic E-state index is 11.6. The second-order valence-electron chi connectivity index (χ2n) is 3.43. The van der Waals surface area contributed by atoms with Gasteiger partial charge in [-0.3, -0.25) is 9.59 Å². The molecule has 1 fully saturated rings. The van der Waals surface area contributed by atoms with Crippen LogP contribution in [0.25, 0.3) is 0 Å². The zero-order valence-electron chi connectivity index (χ0n) is 9.07. The Bertz CT molecular complexity index is 292. The molecule has 1 N–H and O–H groups in total. The summed E-state index contributed by atoms with van der Waals surface area (Å²) in [7, 11) is 0. The van der Waals surface area contributed by atoms with Crippen molar-refractivity contribution >= 4 is 11.8 Å². The van der Waals surface area contributed by atoms with Gasteiger partial charge in [-0.2, -0.15) is 5.26 Å². The van der Waals surface area contributed by atoms with Crippen LogP contribution in [0.15, 0.2) is 0 Å². The number of carbonyl (C=O) groups excluding carboxylic acids is 2. The Morgan fingerprint density at radius 3 is 2.69 bits per heavy atom. The molecule has 1 aliphatic heterocycles. The monoisotopic (exact) mass is 225 g/mol. The lowest BCUT2D eigenvalue weighted by molar-refractivity contribution is -0.135. The molecule has 0 saturated carbocycles. The average molecular weight is 225 g/mol. The third-order valence-electron chi connectivity index (χ3n) is 2.26. The first kappa shape index (κ1) is 12.5. The Kier molecular flexibility index (Phi) is 5.29. The van der Waals surface area contributed by atoms with E-state index in [-0.39, 0.29) is 31.2 Å². The molecular weight excluding hydrogens is 210 g/mol. The Hall–Kier alpha value is -1.61. The van der Waals surface area contributed by atoms with Crippen LogP contribution in [0.4, 0.5) is 0 Å². The topological polar surface area (TPSA) is 82.4 Å². The van der Waals surface area contributed by atoms with Crippen molar-refractivity contribution in [2.75, 3.05) is 32.8 Å². The Labute approximate surface area is 94.2 Å². The minimum atomic E-state index is -0.336. The second kappa shape index (κ2) is 6.80. The number of nitrogens with zero attached hydrogens (tertiary/aromatic N) is 2. The van der Waals surface area contributed by atoms with Crippen molar-refractivity contribution in [3.8, 4) is 6.07 Å². The molecule has 16 heavy (non-hydrogen) atoms. The van der Waals surface area contributed by atoms with Crippen LogP contribution < -0.4 is 5.32 Å². The summed E-state index contributed by atoms with van der Waals surface area (Å²) >= 11 is 0. The summed E-state index contributed by atoms with van der Waals surface area (Å²) in [5.74, 6) is -0.321. The van der Waals surface area contributed by atoms with Crippen molar-refractivity contribution in [2.24, 2.45) is 0 Å². The van der Waals surface area contributed by atoms with Gasteiger partial charge < -0.3 is 15.0 Å². The Morgan fingerprint density at radius 2 is 2.06 bits per heavy atom. The molecule has 0 spiro atoms. The first-order valence-electron chi connectivity index (χ1n) is 5.23. The van der Waals surface area contributed by atoms with Gasteiger partial charge in [-0.15, -0.1) is 0 Å². The predicted molar refractivity (Wildman–Crippen MR) is 55.3 cm³/mol. The standard InChI is InChI=1S/C10H15N3O3/c11-3-1-9(14)12-4-2-10(15)13-5-7-16-8-6-13/h1-2,4-8H2,(H,12,14). The molecule has 0 aromatic carbocycles. The van der Waals surface area contributed by atoms with Crippen LogP contribution in [0, 0.1) is 11.3 Å². The molecule has 0 bridgehead atoms. The largest absolute Gasteiger partial charge is 0.378 e. The summed E-state index contributed by atoms with van der Waals surface area (Å²) in [6.45, 7) is 2.67. The lowest BCUT2D eigenvalue weighted by Gasteiger charge is -2.26. The maximum Gasteiger partial charge on any atom is 0.234 e. The average Bonchev–Trinajstić information content (AvgIpc) is 2.30. The van der Waals surface area contributed by atoms with Gasteiger partial charge in [0.15, 0.2) is 0 Å². The van der Waals surface area contributed by atoms with Gasteiger partial charge in [-0.25, -0.2) is 0 Å². The van der Waals surface area contributed by atoms with Crippen LogP contribution in [-0.2, 0) is 14.3 Å². The van der Waals surface area contributed by atoms with E-state index >= 15 is 0 Å². The molecule has 2 amide bonds. The number of nitriles is 1. The number of ether oxygens (including phenoxy) is 1. The number of carbonyl (C=O) groups is 2. The van der Waals surface area contributed by atoms with Crippen molar-refractivity contribution in [3.05, 3.63) is 0 Å². The van der Waals surface area contributed by atoms with Gasteiger partial charge in [-0.1, -0.05) is 0 Å². The summed E-state index contributed by atoms with van der Waals surface area (Å²) in [5.41, 5.74) is 0. The van der Waals surface area contributed by atoms with Crippen LogP contribution in [0.3, 0.4) is 0 Å². The smallest absolute Gasteiger partial charge is 0.234 e. The molecule has 1 saturated heterocycles. The highest BCUT2D eigenvalue weighted by atomic mass is 16.5. The molecule has 0 aromatic heterocycles. The number of hydrogen-bond donors (Lipinski definition) is 1. The van der Waals surface area contributed by atoms with E-state index in [0.717, 1.165) is 0 Å². The van der Waals surface area contributed by atoms with Crippen molar-refractivity contribution < 1.29 is 14.3 Å². The number of amides is 2. The quantitative estimate of drug-likeness (QED) is 0.683. The lowest BCUT2D eigenvalue weighted by atomic mass is 10.3. The fraction of sp³-hybridized carbons (Fsp3) is 0.700. The van der Waals surface area contributed by atoms with Crippen LogP contribution in [0.1, 0.15) is 12.8 Å². The van der Waals surface area contributed by atoms with E-state index in [9.17, 15) is 9.59 Å². The fourth-order valence-electron chi connectivity index (χ4n) is 1.41. The van der Waals surface area contributed by atoms with Crippen molar-refractivity contribution in [1.29, 1.82) is 5.26 Å². The Balaban J connectivity index is 2.14. The van der Waals surface area contributed by atoms with Gasteiger partial charge >= 0.3 is 0 Å². The highest BCUT2D eigenvalue weighted by Crippen LogP contribution is 1.99. The molecule has 0 unspecified atom stereocenters. The molecule has 1 aliphatic rings. The van der Waals surface area contributed by atoms with Crippen LogP contribution in [0.2, 0.25) is 0 Å². The Morgan fingerprint density at radius 1 is 1.38 bits per heavy atom. The molecule has 0 radical (unpaired) electrons. The predicted octanol–water partition coefficient (Wildman–Crippen LogP) is -0.735. The third-order valence-corrected chi connectivity index (χ3v) is 2.26. The first-order valence-corrected chi connectivity index (χ1v) is 5.23. The van der Waals surface area contributed by atoms with Gasteiger partial charge in [0.2, 0.25) is 11.8 Å². The van der Waals surface area contributed by atoms with Gasteiger partial charge in [0, 0.05) is 26.1 Å². The van der Waals surface area contributed by atoms with Gasteiger partial charge in [0.05, 0.1) is 19.3 Å². The summed E-state index contributed by atoms with van der Waals surface area (Å²) < 4.78 is 5.12. The highest BCUT2D eigenvalue weighted by Gasteiger charge is 2.16. The number of hydrogen-bond acceptors (Lipinski definition) is 4. The summed E-state index contributed by atoms with van der Waals surface area (Å²) in [5, 5.41) is 10.8. The van der Waals surface area contributed by atoms with Crippen molar-refractivity contribution in [2.45, 2.75) is 12.8 Å². The molecule has 0 aliphatic carbocycles. The fourth-order valence-corrected chi connectivity index (χ4v) is 1.41. The van der Waals surface area contributed by atoms with Crippen molar-refractivity contribution in [3.63, 3.8) is 0 Å². The summed E-state index contributed by atoms with van der Waals surface area (Å²) in [6.07, 6.45) is 0.114. The van der Waals surface area contributed by atoms with Crippen LogP contribution >= 0.6 is 0 Å². The summed E-state index contributed by atoms with van der Waals surface area (Å²) in [6, 6.07) is 1.75. The molecule has 6 nitrogen and oxygen atoms in total. The molecule has 0 aromatic rings. The molecule has 1 rings (SSSR count). The molecular formula is C10H15N3O3. The number of rotatable bonds is 4. The third kappa shape index (κ3) is 4.28. The zero-order valence-corrected chi connectivity index (χ0v) is 9.07. The molecule has 88 valence electrons. The highest BCUT2D eigenvalue weighted by molar-refractivity contribution is 5.80. The number of morpholine rings is 1. The van der Waals surface area contributed by atoms with E-state index in [0.29, 0.717) is 26.3 Å². The number of nitrogens with one attached hydrogen (secondary N) is 1. The van der Waals surface area contributed by atoms with Crippen LogP contribution in [0.5, 0.6) is 0 Å². The van der Waals surface area contributed by atoms with E-state index < -0.39 is 0 Å².